The Labute approximate surface area is 120 Å². The van der Waals surface area contributed by atoms with Crippen molar-refractivity contribution >= 4 is 33.4 Å². The molecule has 1 atom stereocenters. The fourth-order valence-corrected chi connectivity index (χ4v) is 2.85. The molecule has 0 radical (unpaired) electrons. The van der Waals surface area contributed by atoms with Crippen LogP contribution in [0.4, 0.5) is 0 Å². The molecule has 98 valence electrons. The number of benzene rings is 1. The number of carbonyl (C=O) groups is 1. The molecule has 0 aliphatic heterocycles. The summed E-state index contributed by atoms with van der Waals surface area (Å²) >= 11 is 9.16. The van der Waals surface area contributed by atoms with Crippen LogP contribution in [0.25, 0.3) is 0 Å². The monoisotopic (exact) mass is 331 g/mol. The summed E-state index contributed by atoms with van der Waals surface area (Å²) in [4.78, 5) is 12.2. The quantitative estimate of drug-likeness (QED) is 0.890. The van der Waals surface area contributed by atoms with E-state index in [1.807, 2.05) is 6.92 Å². The van der Waals surface area contributed by atoms with Crippen LogP contribution in [0.15, 0.2) is 22.7 Å². The summed E-state index contributed by atoms with van der Waals surface area (Å²) in [7, 11) is 0. The third-order valence-corrected chi connectivity index (χ3v) is 4.27. The van der Waals surface area contributed by atoms with Crippen molar-refractivity contribution in [2.45, 2.75) is 25.3 Å². The molecule has 1 aliphatic rings. The largest absolute Gasteiger partial charge is 0.394 e. The molecule has 18 heavy (non-hydrogen) atoms. The second-order valence-electron chi connectivity index (χ2n) is 4.93. The van der Waals surface area contributed by atoms with Gasteiger partial charge in [-0.2, -0.15) is 0 Å². The molecule has 0 aromatic heterocycles. The number of hydrogen-bond acceptors (Lipinski definition) is 2. The molecule has 0 saturated heterocycles. The van der Waals surface area contributed by atoms with Crippen molar-refractivity contribution in [1.29, 1.82) is 0 Å². The minimum atomic E-state index is -0.532. The molecule has 0 heterocycles. The van der Waals surface area contributed by atoms with E-state index in [0.29, 0.717) is 21.0 Å². The number of halogens is 2. The number of hydrogen-bond donors (Lipinski definition) is 2. The summed E-state index contributed by atoms with van der Waals surface area (Å²) in [5, 5.41) is 13.0. The zero-order valence-electron chi connectivity index (χ0n) is 10.0. The van der Waals surface area contributed by atoms with Crippen molar-refractivity contribution in [2.24, 2.45) is 5.92 Å². The second-order valence-corrected chi connectivity index (χ2v) is 6.22. The van der Waals surface area contributed by atoms with Gasteiger partial charge in [0.1, 0.15) is 0 Å². The Balaban J connectivity index is 2.16. The molecule has 3 nitrogen and oxygen atoms in total. The summed E-state index contributed by atoms with van der Waals surface area (Å²) in [5.41, 5.74) is -0.00406. The highest BCUT2D eigenvalue weighted by molar-refractivity contribution is 9.10. The highest BCUT2D eigenvalue weighted by Gasteiger charge is 2.42. The van der Waals surface area contributed by atoms with Crippen molar-refractivity contribution in [3.8, 4) is 0 Å². The van der Waals surface area contributed by atoms with Crippen molar-refractivity contribution in [3.63, 3.8) is 0 Å². The number of rotatable bonds is 4. The summed E-state index contributed by atoms with van der Waals surface area (Å²) in [5.74, 6) is 0.180. The molecule has 1 aromatic rings. The van der Waals surface area contributed by atoms with E-state index in [1.165, 1.54) is 0 Å². The first kappa shape index (κ1) is 13.8. The summed E-state index contributed by atoms with van der Waals surface area (Å²) < 4.78 is 0.656. The Bertz CT molecular complexity index is 476. The molecule has 0 spiro atoms. The maximum absolute atomic E-state index is 12.2. The maximum Gasteiger partial charge on any atom is 0.252 e. The molecule has 5 heteroatoms. The lowest BCUT2D eigenvalue weighted by molar-refractivity contribution is 0.0824. The molecule has 1 amide bonds. The normalized spacial score (nSPS) is 18.2. The van der Waals surface area contributed by atoms with Gasteiger partial charge in [0.05, 0.1) is 17.7 Å². The standard InChI is InChI=1S/C13H15BrClNO2/c1-13(7-17,8-2-3-8)16-12(18)10-5-4-9(15)6-11(10)14/h4-6,8,17H,2-3,7H2,1H3,(H,16,18). The Morgan fingerprint density at radius 3 is 2.78 bits per heavy atom. The van der Waals surface area contributed by atoms with Gasteiger partial charge in [-0.15, -0.1) is 0 Å². The first-order chi connectivity index (χ1) is 8.46. The minimum Gasteiger partial charge on any atom is -0.394 e. The summed E-state index contributed by atoms with van der Waals surface area (Å²) in [6.07, 6.45) is 2.11. The van der Waals surface area contributed by atoms with E-state index in [9.17, 15) is 9.90 Å². The number of aliphatic hydroxyl groups is 1. The summed E-state index contributed by atoms with van der Waals surface area (Å²) in [6, 6.07) is 5.03. The highest BCUT2D eigenvalue weighted by atomic mass is 79.9. The van der Waals surface area contributed by atoms with Crippen LogP contribution in [0.1, 0.15) is 30.1 Å². The van der Waals surface area contributed by atoms with Gasteiger partial charge in [0.15, 0.2) is 0 Å². The average Bonchev–Trinajstić information content (AvgIpc) is 3.12. The van der Waals surface area contributed by atoms with E-state index >= 15 is 0 Å². The molecule has 1 aliphatic carbocycles. The van der Waals surface area contributed by atoms with Crippen molar-refractivity contribution in [3.05, 3.63) is 33.3 Å². The van der Waals surface area contributed by atoms with E-state index < -0.39 is 5.54 Å². The third-order valence-electron chi connectivity index (χ3n) is 3.38. The van der Waals surface area contributed by atoms with Crippen LogP contribution in [0.2, 0.25) is 5.02 Å². The van der Waals surface area contributed by atoms with Gasteiger partial charge in [-0.3, -0.25) is 4.79 Å². The predicted octanol–water partition coefficient (Wildman–Crippen LogP) is 2.99. The fraction of sp³-hybridized carbons (Fsp3) is 0.462. The molecular weight excluding hydrogens is 318 g/mol. The van der Waals surface area contributed by atoms with Crippen LogP contribution >= 0.6 is 27.5 Å². The van der Waals surface area contributed by atoms with E-state index in [0.717, 1.165) is 12.8 Å². The van der Waals surface area contributed by atoms with Crippen LogP contribution in [0.3, 0.4) is 0 Å². The predicted molar refractivity (Wildman–Crippen MR) is 74.8 cm³/mol. The summed E-state index contributed by atoms with van der Waals surface area (Å²) in [6.45, 7) is 1.83. The minimum absolute atomic E-state index is 0.0470. The van der Waals surface area contributed by atoms with E-state index in [1.54, 1.807) is 18.2 Å². The van der Waals surface area contributed by atoms with E-state index in [-0.39, 0.29) is 12.5 Å². The van der Waals surface area contributed by atoms with Gasteiger partial charge >= 0.3 is 0 Å². The Hall–Kier alpha value is -0.580. The van der Waals surface area contributed by atoms with Gasteiger partial charge in [-0.05, 0) is 59.8 Å². The van der Waals surface area contributed by atoms with Gasteiger partial charge in [-0.1, -0.05) is 11.6 Å². The van der Waals surface area contributed by atoms with Crippen LogP contribution in [0.5, 0.6) is 0 Å². The average molecular weight is 333 g/mol. The maximum atomic E-state index is 12.2. The smallest absolute Gasteiger partial charge is 0.252 e. The first-order valence-electron chi connectivity index (χ1n) is 5.85. The zero-order valence-corrected chi connectivity index (χ0v) is 12.4. The number of aliphatic hydroxyl groups excluding tert-OH is 1. The zero-order chi connectivity index (χ0) is 13.3. The molecule has 2 N–H and O–H groups in total. The van der Waals surface area contributed by atoms with Crippen LogP contribution < -0.4 is 5.32 Å². The molecule has 0 bridgehead atoms. The van der Waals surface area contributed by atoms with Gasteiger partial charge in [0.2, 0.25) is 0 Å². The number of nitrogens with one attached hydrogen (secondary N) is 1. The van der Waals surface area contributed by atoms with Crippen LogP contribution in [-0.4, -0.2) is 23.2 Å². The van der Waals surface area contributed by atoms with Crippen molar-refractivity contribution < 1.29 is 9.90 Å². The molecule has 1 unspecified atom stereocenters. The third kappa shape index (κ3) is 2.87. The van der Waals surface area contributed by atoms with Gasteiger partial charge in [-0.25, -0.2) is 0 Å². The fourth-order valence-electron chi connectivity index (χ4n) is 1.99. The van der Waals surface area contributed by atoms with Crippen LogP contribution in [0, 0.1) is 5.92 Å². The van der Waals surface area contributed by atoms with E-state index in [4.69, 9.17) is 11.6 Å². The Kier molecular flexibility index (Phi) is 3.99. The molecule has 1 fully saturated rings. The molecule has 2 rings (SSSR count). The molecule has 1 aromatic carbocycles. The SMILES string of the molecule is CC(CO)(NC(=O)c1ccc(Cl)cc1Br)C1CC1. The lowest BCUT2D eigenvalue weighted by atomic mass is 9.96. The topological polar surface area (TPSA) is 49.3 Å². The second kappa shape index (κ2) is 5.19. The number of amides is 1. The molecule has 1 saturated carbocycles. The Morgan fingerprint density at radius 1 is 1.61 bits per heavy atom. The first-order valence-corrected chi connectivity index (χ1v) is 7.02. The molecular formula is C13H15BrClNO2. The number of carbonyl (C=O) groups excluding carboxylic acids is 1. The van der Waals surface area contributed by atoms with Crippen molar-refractivity contribution in [1.82, 2.24) is 5.32 Å². The lowest BCUT2D eigenvalue weighted by Gasteiger charge is -2.29. The van der Waals surface area contributed by atoms with Gasteiger partial charge in [0, 0.05) is 9.50 Å². The van der Waals surface area contributed by atoms with E-state index in [2.05, 4.69) is 21.2 Å². The van der Waals surface area contributed by atoms with Crippen LogP contribution in [-0.2, 0) is 0 Å². The van der Waals surface area contributed by atoms with Gasteiger partial charge in [0.25, 0.3) is 5.91 Å². The lowest BCUT2D eigenvalue weighted by Crippen LogP contribution is -2.50. The highest BCUT2D eigenvalue weighted by Crippen LogP contribution is 2.39. The van der Waals surface area contributed by atoms with Gasteiger partial charge < -0.3 is 10.4 Å². The van der Waals surface area contributed by atoms with Crippen molar-refractivity contribution in [2.75, 3.05) is 6.61 Å². The Morgan fingerprint density at radius 2 is 2.28 bits per heavy atom.